The molecule has 2 nitrogen and oxygen atoms in total. The number of halogens is 3. The van der Waals surface area contributed by atoms with Crippen LogP contribution in [0.4, 0.5) is 10.1 Å². The Bertz CT molecular complexity index is 727. The van der Waals surface area contributed by atoms with Crippen LogP contribution in [0, 0.1) is 24.1 Å². The van der Waals surface area contributed by atoms with Crippen LogP contribution >= 0.6 is 27.5 Å². The van der Waals surface area contributed by atoms with E-state index < -0.39 is 5.54 Å². The monoisotopic (exact) mass is 366 g/mol. The van der Waals surface area contributed by atoms with Crippen LogP contribution in [0.5, 0.6) is 0 Å². The molecule has 0 radical (unpaired) electrons. The number of anilines is 1. The van der Waals surface area contributed by atoms with Crippen molar-refractivity contribution in [3.8, 4) is 6.07 Å². The summed E-state index contributed by atoms with van der Waals surface area (Å²) in [7, 11) is 0. The number of benzene rings is 2. The Balaban J connectivity index is 2.39. The molecule has 0 aromatic heterocycles. The molecule has 1 unspecified atom stereocenters. The van der Waals surface area contributed by atoms with Gasteiger partial charge >= 0.3 is 0 Å². The molecule has 0 amide bonds. The topological polar surface area (TPSA) is 35.8 Å². The first-order valence-electron chi connectivity index (χ1n) is 6.27. The molecule has 0 heterocycles. The molecule has 2 rings (SSSR count). The van der Waals surface area contributed by atoms with Gasteiger partial charge in [0, 0.05) is 10.2 Å². The Kier molecular flexibility index (Phi) is 4.55. The van der Waals surface area contributed by atoms with Crippen molar-refractivity contribution in [2.24, 2.45) is 0 Å². The van der Waals surface area contributed by atoms with Gasteiger partial charge in [-0.2, -0.15) is 5.26 Å². The van der Waals surface area contributed by atoms with Gasteiger partial charge in [0.1, 0.15) is 11.4 Å². The maximum absolute atomic E-state index is 13.7. The summed E-state index contributed by atoms with van der Waals surface area (Å²) in [6, 6.07) is 12.3. The molecule has 2 aromatic carbocycles. The van der Waals surface area contributed by atoms with Gasteiger partial charge in [-0.1, -0.05) is 23.7 Å². The lowest BCUT2D eigenvalue weighted by Gasteiger charge is -2.25. The van der Waals surface area contributed by atoms with Crippen molar-refractivity contribution in [2.75, 3.05) is 5.32 Å². The Hall–Kier alpha value is -1.57. The summed E-state index contributed by atoms with van der Waals surface area (Å²) in [6.45, 7) is 3.40. The van der Waals surface area contributed by atoms with Gasteiger partial charge in [0.2, 0.25) is 0 Å². The van der Waals surface area contributed by atoms with Crippen molar-refractivity contribution < 1.29 is 4.39 Å². The normalized spacial score (nSPS) is 13.3. The largest absolute Gasteiger partial charge is 0.364 e. The molecule has 0 aliphatic carbocycles. The average molecular weight is 368 g/mol. The molecule has 2 aromatic rings. The quantitative estimate of drug-likeness (QED) is 0.788. The van der Waals surface area contributed by atoms with Gasteiger partial charge in [-0.25, -0.2) is 4.39 Å². The molecule has 108 valence electrons. The van der Waals surface area contributed by atoms with E-state index in [2.05, 4.69) is 27.3 Å². The number of hydrogen-bond acceptors (Lipinski definition) is 2. The van der Waals surface area contributed by atoms with Gasteiger partial charge in [0.05, 0.1) is 11.1 Å². The Labute approximate surface area is 136 Å². The zero-order valence-corrected chi connectivity index (χ0v) is 13.9. The van der Waals surface area contributed by atoms with E-state index in [1.54, 1.807) is 44.2 Å². The van der Waals surface area contributed by atoms with Crippen LogP contribution in [-0.4, -0.2) is 0 Å². The number of nitrogens with zero attached hydrogens (tertiary/aromatic N) is 1. The zero-order valence-electron chi connectivity index (χ0n) is 11.5. The molecule has 5 heteroatoms. The van der Waals surface area contributed by atoms with Crippen LogP contribution in [0.15, 0.2) is 40.9 Å². The smallest absolute Gasteiger partial charge is 0.148 e. The van der Waals surface area contributed by atoms with E-state index in [-0.39, 0.29) is 5.82 Å². The first kappa shape index (κ1) is 15.8. The molecule has 0 spiro atoms. The van der Waals surface area contributed by atoms with Gasteiger partial charge in [-0.05, 0) is 65.2 Å². The molecular formula is C16H13BrClFN2. The summed E-state index contributed by atoms with van der Waals surface area (Å²) in [6.07, 6.45) is 0. The predicted molar refractivity (Wildman–Crippen MR) is 86.9 cm³/mol. The maximum Gasteiger partial charge on any atom is 0.148 e. The third-order valence-corrected chi connectivity index (χ3v) is 4.50. The number of hydrogen-bond donors (Lipinski definition) is 1. The SMILES string of the molecule is Cc1ccc(C(C)(C#N)Nc2ccc(Cl)c(Br)c2)cc1F. The average Bonchev–Trinajstić information content (AvgIpc) is 2.45. The lowest BCUT2D eigenvalue weighted by atomic mass is 9.92. The highest BCUT2D eigenvalue weighted by Crippen LogP contribution is 2.30. The van der Waals surface area contributed by atoms with E-state index >= 15 is 0 Å². The molecule has 0 aliphatic rings. The van der Waals surface area contributed by atoms with Gasteiger partial charge in [0.15, 0.2) is 0 Å². The fourth-order valence-corrected chi connectivity index (χ4v) is 2.43. The van der Waals surface area contributed by atoms with Gasteiger partial charge < -0.3 is 5.32 Å². The highest BCUT2D eigenvalue weighted by molar-refractivity contribution is 9.10. The highest BCUT2D eigenvalue weighted by atomic mass is 79.9. The summed E-state index contributed by atoms with van der Waals surface area (Å²) in [5.41, 5.74) is 0.797. The second-order valence-electron chi connectivity index (χ2n) is 4.95. The van der Waals surface area contributed by atoms with E-state index in [4.69, 9.17) is 11.6 Å². The van der Waals surface area contributed by atoms with Crippen LogP contribution in [0.25, 0.3) is 0 Å². The lowest BCUT2D eigenvalue weighted by molar-refractivity contribution is 0.607. The standard InChI is InChI=1S/C16H13BrClFN2/c1-10-3-4-11(7-15(10)19)16(2,9-20)21-12-5-6-14(18)13(17)8-12/h3-8,21H,1-2H3. The van der Waals surface area contributed by atoms with Crippen molar-refractivity contribution in [1.29, 1.82) is 5.26 Å². The predicted octanol–water partition coefficient (Wildman–Crippen LogP) is 5.40. The van der Waals surface area contributed by atoms with Crippen molar-refractivity contribution in [1.82, 2.24) is 0 Å². The van der Waals surface area contributed by atoms with Gasteiger partial charge in [-0.3, -0.25) is 0 Å². The highest BCUT2D eigenvalue weighted by Gasteiger charge is 2.27. The van der Waals surface area contributed by atoms with E-state index in [1.807, 2.05) is 0 Å². The zero-order chi connectivity index (χ0) is 15.6. The number of rotatable bonds is 3. The number of aryl methyl sites for hydroxylation is 1. The van der Waals surface area contributed by atoms with E-state index in [0.29, 0.717) is 16.1 Å². The summed E-state index contributed by atoms with van der Waals surface area (Å²) in [5, 5.41) is 13.2. The van der Waals surface area contributed by atoms with Crippen LogP contribution < -0.4 is 5.32 Å². The molecule has 1 N–H and O–H groups in total. The minimum atomic E-state index is -1.04. The van der Waals surface area contributed by atoms with Gasteiger partial charge in [0.25, 0.3) is 0 Å². The summed E-state index contributed by atoms with van der Waals surface area (Å²) in [4.78, 5) is 0. The summed E-state index contributed by atoms with van der Waals surface area (Å²) < 4.78 is 14.5. The molecule has 0 bridgehead atoms. The van der Waals surface area contributed by atoms with Crippen LogP contribution in [0.2, 0.25) is 5.02 Å². The van der Waals surface area contributed by atoms with Crippen LogP contribution in [-0.2, 0) is 5.54 Å². The molecule has 0 aliphatic heterocycles. The number of nitriles is 1. The number of nitrogens with one attached hydrogen (secondary N) is 1. The molecular weight excluding hydrogens is 355 g/mol. The van der Waals surface area contributed by atoms with Crippen molar-refractivity contribution in [2.45, 2.75) is 19.4 Å². The van der Waals surface area contributed by atoms with Crippen molar-refractivity contribution >= 4 is 33.2 Å². The minimum absolute atomic E-state index is 0.326. The molecule has 0 saturated heterocycles. The summed E-state index contributed by atoms with van der Waals surface area (Å²) in [5.74, 6) is -0.326. The molecule has 0 saturated carbocycles. The van der Waals surface area contributed by atoms with Crippen LogP contribution in [0.1, 0.15) is 18.1 Å². The van der Waals surface area contributed by atoms with Gasteiger partial charge in [-0.15, -0.1) is 0 Å². The van der Waals surface area contributed by atoms with Crippen LogP contribution in [0.3, 0.4) is 0 Å². The van der Waals surface area contributed by atoms with Crippen molar-refractivity contribution in [3.63, 3.8) is 0 Å². The second-order valence-corrected chi connectivity index (χ2v) is 6.22. The Morgan fingerprint density at radius 3 is 2.57 bits per heavy atom. The second kappa shape index (κ2) is 6.05. The lowest BCUT2D eigenvalue weighted by Crippen LogP contribution is -2.30. The Morgan fingerprint density at radius 2 is 2.00 bits per heavy atom. The maximum atomic E-state index is 13.7. The van der Waals surface area contributed by atoms with Crippen molar-refractivity contribution in [3.05, 3.63) is 62.8 Å². The first-order chi connectivity index (χ1) is 9.85. The van der Waals surface area contributed by atoms with E-state index in [1.165, 1.54) is 6.07 Å². The molecule has 21 heavy (non-hydrogen) atoms. The van der Waals surface area contributed by atoms with E-state index in [9.17, 15) is 9.65 Å². The third kappa shape index (κ3) is 3.37. The molecule has 0 fully saturated rings. The summed E-state index contributed by atoms with van der Waals surface area (Å²) >= 11 is 9.29. The minimum Gasteiger partial charge on any atom is -0.364 e. The van der Waals surface area contributed by atoms with E-state index in [0.717, 1.165) is 10.2 Å². The Morgan fingerprint density at radius 1 is 1.29 bits per heavy atom. The fraction of sp³-hybridized carbons (Fsp3) is 0.188. The fourth-order valence-electron chi connectivity index (χ4n) is 1.93. The third-order valence-electron chi connectivity index (χ3n) is 3.29. The first-order valence-corrected chi connectivity index (χ1v) is 7.44. The molecule has 1 atom stereocenters.